The van der Waals surface area contributed by atoms with Crippen LogP contribution in [0.15, 0.2) is 70.3 Å². The first-order valence-corrected chi connectivity index (χ1v) is 11.9. The van der Waals surface area contributed by atoms with Crippen molar-refractivity contribution >= 4 is 11.7 Å². The lowest BCUT2D eigenvalue weighted by Crippen LogP contribution is -2.59. The van der Waals surface area contributed by atoms with E-state index < -0.39 is 0 Å². The van der Waals surface area contributed by atoms with Gasteiger partial charge in [0.2, 0.25) is 5.88 Å². The van der Waals surface area contributed by atoms with Gasteiger partial charge in [0, 0.05) is 6.04 Å². The van der Waals surface area contributed by atoms with E-state index in [0.717, 1.165) is 12.8 Å². The molecule has 0 radical (unpaired) electrons. The average molecular weight is 462 g/mol. The van der Waals surface area contributed by atoms with Gasteiger partial charge in [0.1, 0.15) is 6.17 Å². The van der Waals surface area contributed by atoms with Gasteiger partial charge in [-0.25, -0.2) is 0 Å². The second-order valence-electron chi connectivity index (χ2n) is 9.33. The smallest absolute Gasteiger partial charge is 0.309 e. The number of hydrazine groups is 1. The number of benzene rings is 2. The van der Waals surface area contributed by atoms with Gasteiger partial charge in [0.15, 0.2) is 5.70 Å². The number of rotatable bonds is 6. The number of aliphatic hydroxyl groups excluding tert-OH is 1. The summed E-state index contributed by atoms with van der Waals surface area (Å²) in [5.74, 6) is -0.00772. The Kier molecular flexibility index (Phi) is 6.10. The molecule has 5 atom stereocenters. The number of hydrogen-bond acceptors (Lipinski definition) is 8. The highest BCUT2D eigenvalue weighted by atomic mass is 16.5. The van der Waals surface area contributed by atoms with E-state index >= 15 is 0 Å². The van der Waals surface area contributed by atoms with Crippen molar-refractivity contribution < 1.29 is 14.6 Å². The minimum Gasteiger partial charge on any atom is -0.492 e. The maximum Gasteiger partial charge on any atom is 0.309 e. The molecule has 3 N–H and O–H groups in total. The van der Waals surface area contributed by atoms with E-state index in [1.807, 2.05) is 42.3 Å². The van der Waals surface area contributed by atoms with E-state index in [4.69, 9.17) is 4.74 Å². The molecule has 1 saturated carbocycles. The standard InChI is InChI=1S/C26H31N5O3/c1-4-34-26(33)20-13-19(20)21-14-22(18-11-10-15(2)12-16(18)3)31-24(27-21)23(25(32)30-31)29-28-17-8-6-5-7-9-17/h5-12,19-22,24,27,30,32H,4,13-14H2,1-3H3. The third-order valence-corrected chi connectivity index (χ3v) is 6.96. The van der Waals surface area contributed by atoms with Gasteiger partial charge in [-0.05, 0) is 62.8 Å². The SMILES string of the molecule is CCOC(=O)C1CC1C1CC(c2ccc(C)cc2C)N2NC(O)=C(N=Nc3ccccc3)C2N1. The molecule has 0 bridgehead atoms. The lowest BCUT2D eigenvalue weighted by atomic mass is 9.89. The number of fused-ring (bicyclic) bond motifs is 1. The Hall–Kier alpha value is -3.23. The fourth-order valence-corrected chi connectivity index (χ4v) is 5.21. The van der Waals surface area contributed by atoms with Gasteiger partial charge >= 0.3 is 5.97 Å². The summed E-state index contributed by atoms with van der Waals surface area (Å²) in [6.07, 6.45) is 1.23. The molecule has 2 aliphatic heterocycles. The molecule has 2 heterocycles. The first-order chi connectivity index (χ1) is 16.5. The van der Waals surface area contributed by atoms with Crippen molar-refractivity contribution in [1.82, 2.24) is 15.8 Å². The van der Waals surface area contributed by atoms with Crippen LogP contribution in [-0.2, 0) is 9.53 Å². The molecule has 2 aromatic rings. The Labute approximate surface area is 199 Å². The first kappa shape index (κ1) is 22.6. The topological polar surface area (TPSA) is 98.5 Å². The van der Waals surface area contributed by atoms with Gasteiger partial charge in [-0.1, -0.05) is 42.0 Å². The average Bonchev–Trinajstić information content (AvgIpc) is 3.56. The number of hydrogen-bond donors (Lipinski definition) is 3. The molecule has 178 valence electrons. The van der Waals surface area contributed by atoms with Crippen molar-refractivity contribution in [3.05, 3.63) is 76.8 Å². The molecule has 8 heteroatoms. The van der Waals surface area contributed by atoms with E-state index in [2.05, 4.69) is 53.0 Å². The predicted octanol–water partition coefficient (Wildman–Crippen LogP) is 4.56. The number of azo groups is 1. The zero-order chi connectivity index (χ0) is 23.8. The van der Waals surface area contributed by atoms with Gasteiger partial charge in [0.25, 0.3) is 0 Å². The highest BCUT2D eigenvalue weighted by Gasteiger charge is 2.54. The molecule has 2 aromatic carbocycles. The summed E-state index contributed by atoms with van der Waals surface area (Å²) in [6, 6.07) is 16.0. The van der Waals surface area contributed by atoms with Crippen molar-refractivity contribution in [3.8, 4) is 0 Å². The normalized spacial score (nSPS) is 28.6. The summed E-state index contributed by atoms with van der Waals surface area (Å²) in [6.45, 7) is 6.44. The van der Waals surface area contributed by atoms with Crippen molar-refractivity contribution in [3.63, 3.8) is 0 Å². The Morgan fingerprint density at radius 2 is 1.94 bits per heavy atom. The zero-order valence-corrected chi connectivity index (χ0v) is 19.7. The Morgan fingerprint density at radius 3 is 2.68 bits per heavy atom. The number of ether oxygens (including phenoxy) is 1. The van der Waals surface area contributed by atoms with Crippen molar-refractivity contribution in [2.75, 3.05) is 6.61 Å². The molecule has 34 heavy (non-hydrogen) atoms. The molecule has 1 saturated heterocycles. The molecular formula is C26H31N5O3. The Morgan fingerprint density at radius 1 is 1.15 bits per heavy atom. The van der Waals surface area contributed by atoms with Crippen LogP contribution in [0.5, 0.6) is 0 Å². The van der Waals surface area contributed by atoms with E-state index in [-0.39, 0.29) is 41.9 Å². The number of aryl methyl sites for hydroxylation is 2. The number of esters is 1. The lowest BCUT2D eigenvalue weighted by molar-refractivity contribution is -0.145. The van der Waals surface area contributed by atoms with Crippen LogP contribution in [0.3, 0.4) is 0 Å². The summed E-state index contributed by atoms with van der Waals surface area (Å²) in [5, 5.41) is 25.2. The van der Waals surface area contributed by atoms with Crippen LogP contribution in [0.4, 0.5) is 5.69 Å². The third-order valence-electron chi connectivity index (χ3n) is 6.96. The lowest BCUT2D eigenvalue weighted by Gasteiger charge is -2.43. The van der Waals surface area contributed by atoms with Crippen LogP contribution in [0.2, 0.25) is 0 Å². The maximum atomic E-state index is 12.3. The second-order valence-corrected chi connectivity index (χ2v) is 9.33. The Balaban J connectivity index is 1.45. The van der Waals surface area contributed by atoms with Crippen LogP contribution in [0.25, 0.3) is 0 Å². The largest absolute Gasteiger partial charge is 0.492 e. The monoisotopic (exact) mass is 461 g/mol. The highest BCUT2D eigenvalue weighted by molar-refractivity contribution is 5.76. The molecule has 5 unspecified atom stereocenters. The fourth-order valence-electron chi connectivity index (χ4n) is 5.21. The van der Waals surface area contributed by atoms with E-state index in [0.29, 0.717) is 18.0 Å². The van der Waals surface area contributed by atoms with Gasteiger partial charge in [-0.15, -0.1) is 5.11 Å². The van der Waals surface area contributed by atoms with Crippen LogP contribution >= 0.6 is 0 Å². The van der Waals surface area contributed by atoms with Gasteiger partial charge < -0.3 is 9.84 Å². The van der Waals surface area contributed by atoms with E-state index in [1.165, 1.54) is 16.7 Å². The fraction of sp³-hybridized carbons (Fsp3) is 0.423. The molecule has 0 amide bonds. The quantitative estimate of drug-likeness (QED) is 0.431. The molecule has 8 nitrogen and oxygen atoms in total. The zero-order valence-electron chi connectivity index (χ0n) is 19.7. The van der Waals surface area contributed by atoms with Crippen LogP contribution in [0.1, 0.15) is 42.5 Å². The van der Waals surface area contributed by atoms with Crippen molar-refractivity contribution in [2.45, 2.75) is 51.9 Å². The molecule has 2 fully saturated rings. The number of nitrogens with one attached hydrogen (secondary N) is 2. The predicted molar refractivity (Wildman–Crippen MR) is 128 cm³/mol. The number of nitrogens with zero attached hydrogens (tertiary/aromatic N) is 3. The van der Waals surface area contributed by atoms with E-state index in [9.17, 15) is 9.90 Å². The number of carbonyl (C=O) groups excluding carboxylic acids is 1. The minimum absolute atomic E-state index is 0.00753. The molecule has 5 rings (SSSR count). The maximum absolute atomic E-state index is 12.3. The summed E-state index contributed by atoms with van der Waals surface area (Å²) in [5.41, 5.74) is 7.88. The van der Waals surface area contributed by atoms with Crippen LogP contribution in [-0.4, -0.2) is 34.9 Å². The first-order valence-electron chi connectivity index (χ1n) is 11.9. The second kappa shape index (κ2) is 9.19. The number of carbonyl (C=O) groups is 1. The Bertz CT molecular complexity index is 1130. The molecule has 0 aromatic heterocycles. The van der Waals surface area contributed by atoms with Crippen LogP contribution < -0.4 is 10.7 Å². The minimum atomic E-state index is -0.375. The summed E-state index contributed by atoms with van der Waals surface area (Å²) in [4.78, 5) is 12.3. The summed E-state index contributed by atoms with van der Waals surface area (Å²) >= 11 is 0. The molecule has 3 aliphatic rings. The van der Waals surface area contributed by atoms with Crippen molar-refractivity contribution in [1.29, 1.82) is 0 Å². The molecule has 1 aliphatic carbocycles. The van der Waals surface area contributed by atoms with Gasteiger partial charge in [-0.3, -0.25) is 15.5 Å². The van der Waals surface area contributed by atoms with Gasteiger partial charge in [-0.2, -0.15) is 10.1 Å². The van der Waals surface area contributed by atoms with Crippen LogP contribution in [0, 0.1) is 25.7 Å². The summed E-state index contributed by atoms with van der Waals surface area (Å²) in [7, 11) is 0. The van der Waals surface area contributed by atoms with E-state index in [1.54, 1.807) is 0 Å². The summed E-state index contributed by atoms with van der Waals surface area (Å²) < 4.78 is 5.27. The third kappa shape index (κ3) is 4.31. The van der Waals surface area contributed by atoms with Gasteiger partial charge in [0.05, 0.1) is 24.3 Å². The highest BCUT2D eigenvalue weighted by Crippen LogP contribution is 2.48. The van der Waals surface area contributed by atoms with Crippen molar-refractivity contribution in [2.24, 2.45) is 22.1 Å². The molecule has 0 spiro atoms. The molecular weight excluding hydrogens is 430 g/mol. The number of aliphatic hydroxyl groups is 1.